The summed E-state index contributed by atoms with van der Waals surface area (Å²) in [5.41, 5.74) is 3.92. The molecule has 1 fully saturated rings. The molecule has 2 N–H and O–H groups in total. The average molecular weight is 393 g/mol. The van der Waals surface area contributed by atoms with Crippen LogP contribution < -0.4 is 10.6 Å². The van der Waals surface area contributed by atoms with Crippen LogP contribution in [0.1, 0.15) is 49.7 Å². The number of anilines is 1. The largest absolute Gasteiger partial charge is 0.368 e. The molecule has 2 heterocycles. The fourth-order valence-electron chi connectivity index (χ4n) is 3.29. The van der Waals surface area contributed by atoms with Crippen LogP contribution in [0.5, 0.6) is 0 Å². The Morgan fingerprint density at radius 2 is 1.86 bits per heavy atom. The number of carbonyl (C=O) groups is 1. The van der Waals surface area contributed by atoms with E-state index in [1.165, 1.54) is 5.56 Å². The summed E-state index contributed by atoms with van der Waals surface area (Å²) in [6.45, 7) is 8.99. The van der Waals surface area contributed by atoms with Crippen LogP contribution in [0.4, 0.5) is 5.82 Å². The SMILES string of the molecule is Cc1ccc(-n2nc(C)c3c(NCCNC(=O)C(C)C)nc(C4CC4)nc32)cc1. The predicted octanol–water partition coefficient (Wildman–Crippen LogP) is 3.49. The van der Waals surface area contributed by atoms with Gasteiger partial charge in [0.15, 0.2) is 5.65 Å². The second-order valence-corrected chi connectivity index (χ2v) is 8.11. The summed E-state index contributed by atoms with van der Waals surface area (Å²) >= 11 is 0. The van der Waals surface area contributed by atoms with Crippen LogP contribution >= 0.6 is 0 Å². The van der Waals surface area contributed by atoms with Crippen LogP contribution in [-0.4, -0.2) is 38.7 Å². The highest BCUT2D eigenvalue weighted by Gasteiger charge is 2.29. The highest BCUT2D eigenvalue weighted by Crippen LogP contribution is 2.40. The van der Waals surface area contributed by atoms with Gasteiger partial charge in [0.05, 0.1) is 16.8 Å². The van der Waals surface area contributed by atoms with Gasteiger partial charge in [0.2, 0.25) is 5.91 Å². The number of rotatable bonds is 7. The van der Waals surface area contributed by atoms with Crippen molar-refractivity contribution in [3.05, 3.63) is 41.3 Å². The summed E-state index contributed by atoms with van der Waals surface area (Å²) in [5.74, 6) is 2.15. The van der Waals surface area contributed by atoms with Crippen molar-refractivity contribution >= 4 is 22.8 Å². The predicted molar refractivity (Wildman–Crippen MR) is 114 cm³/mol. The third-order valence-electron chi connectivity index (χ3n) is 5.18. The van der Waals surface area contributed by atoms with Crippen LogP contribution in [0.3, 0.4) is 0 Å². The molecule has 3 aromatic rings. The van der Waals surface area contributed by atoms with Crippen molar-refractivity contribution in [3.63, 3.8) is 0 Å². The molecule has 0 spiro atoms. The number of aryl methyl sites for hydroxylation is 2. The molecule has 7 nitrogen and oxygen atoms in total. The molecule has 4 rings (SSSR count). The Morgan fingerprint density at radius 1 is 1.14 bits per heavy atom. The summed E-state index contributed by atoms with van der Waals surface area (Å²) < 4.78 is 1.91. The van der Waals surface area contributed by atoms with E-state index in [9.17, 15) is 4.79 Å². The number of nitrogens with one attached hydrogen (secondary N) is 2. The number of benzene rings is 1. The summed E-state index contributed by atoms with van der Waals surface area (Å²) in [7, 11) is 0. The van der Waals surface area contributed by atoms with Crippen molar-refractivity contribution in [2.24, 2.45) is 5.92 Å². The van der Waals surface area contributed by atoms with Gasteiger partial charge in [-0.3, -0.25) is 4.79 Å². The van der Waals surface area contributed by atoms with Crippen molar-refractivity contribution in [2.75, 3.05) is 18.4 Å². The Balaban J connectivity index is 1.66. The van der Waals surface area contributed by atoms with Gasteiger partial charge in [-0.15, -0.1) is 0 Å². The fraction of sp³-hybridized carbons (Fsp3) is 0.455. The normalized spacial score (nSPS) is 13.8. The van der Waals surface area contributed by atoms with Crippen LogP contribution in [0, 0.1) is 19.8 Å². The van der Waals surface area contributed by atoms with Crippen LogP contribution in [0.15, 0.2) is 24.3 Å². The Labute approximate surface area is 170 Å². The first-order valence-corrected chi connectivity index (χ1v) is 10.3. The van der Waals surface area contributed by atoms with Gasteiger partial charge in [0.1, 0.15) is 11.6 Å². The summed E-state index contributed by atoms with van der Waals surface area (Å²) in [5, 5.41) is 12.0. The van der Waals surface area contributed by atoms with Crippen LogP contribution in [-0.2, 0) is 4.79 Å². The molecule has 0 bridgehead atoms. The first kappa shape index (κ1) is 19.4. The van der Waals surface area contributed by atoms with Crippen LogP contribution in [0.2, 0.25) is 0 Å². The van der Waals surface area contributed by atoms with Gasteiger partial charge >= 0.3 is 0 Å². The van der Waals surface area contributed by atoms with E-state index in [2.05, 4.69) is 41.8 Å². The third kappa shape index (κ3) is 4.09. The van der Waals surface area contributed by atoms with E-state index < -0.39 is 0 Å². The van der Waals surface area contributed by atoms with E-state index in [0.717, 1.165) is 46.9 Å². The lowest BCUT2D eigenvalue weighted by molar-refractivity contribution is -0.123. The van der Waals surface area contributed by atoms with Gasteiger partial charge < -0.3 is 10.6 Å². The third-order valence-corrected chi connectivity index (χ3v) is 5.18. The number of fused-ring (bicyclic) bond motifs is 1. The molecular formula is C22H28N6O. The van der Waals surface area contributed by atoms with Gasteiger partial charge in [0.25, 0.3) is 0 Å². The molecule has 1 saturated carbocycles. The molecule has 1 aliphatic rings. The van der Waals surface area contributed by atoms with Gasteiger partial charge in [-0.2, -0.15) is 5.10 Å². The van der Waals surface area contributed by atoms with E-state index in [1.807, 2.05) is 25.5 Å². The van der Waals surface area contributed by atoms with E-state index in [0.29, 0.717) is 19.0 Å². The standard InChI is InChI=1S/C22H28N6O/c1-13(2)22(29)24-12-11-23-20-18-15(4)27-28(17-9-5-14(3)6-10-17)21(18)26-19(25-20)16-7-8-16/h5-6,9-10,13,16H,7-8,11-12H2,1-4H3,(H,24,29)(H,23,25,26). The summed E-state index contributed by atoms with van der Waals surface area (Å²) in [4.78, 5) is 21.5. The lowest BCUT2D eigenvalue weighted by Gasteiger charge is -2.11. The zero-order valence-corrected chi connectivity index (χ0v) is 17.5. The van der Waals surface area contributed by atoms with Crippen molar-refractivity contribution in [2.45, 2.75) is 46.5 Å². The Hall–Kier alpha value is -2.96. The van der Waals surface area contributed by atoms with E-state index in [4.69, 9.17) is 15.1 Å². The van der Waals surface area contributed by atoms with Crippen molar-refractivity contribution < 1.29 is 4.79 Å². The molecule has 0 unspecified atom stereocenters. The van der Waals surface area contributed by atoms with Crippen molar-refractivity contribution in [1.29, 1.82) is 0 Å². The number of hydrogen-bond donors (Lipinski definition) is 2. The Bertz CT molecular complexity index is 1030. The summed E-state index contributed by atoms with van der Waals surface area (Å²) in [6.07, 6.45) is 2.26. The first-order chi connectivity index (χ1) is 13.9. The van der Waals surface area contributed by atoms with Crippen LogP contribution in [0.25, 0.3) is 16.7 Å². The summed E-state index contributed by atoms with van der Waals surface area (Å²) in [6, 6.07) is 8.29. The second kappa shape index (κ2) is 7.81. The van der Waals surface area contributed by atoms with Gasteiger partial charge in [-0.1, -0.05) is 31.5 Å². The number of nitrogens with zero attached hydrogens (tertiary/aromatic N) is 4. The van der Waals surface area contributed by atoms with Gasteiger partial charge in [-0.25, -0.2) is 14.6 Å². The lowest BCUT2D eigenvalue weighted by atomic mass is 10.2. The van der Waals surface area contributed by atoms with Crippen molar-refractivity contribution in [1.82, 2.24) is 25.1 Å². The Kier molecular flexibility index (Phi) is 5.22. The molecule has 0 radical (unpaired) electrons. The number of hydrogen-bond acceptors (Lipinski definition) is 5. The molecule has 1 aromatic carbocycles. The molecule has 0 atom stereocenters. The minimum Gasteiger partial charge on any atom is -0.368 e. The molecule has 0 saturated heterocycles. The minimum absolute atomic E-state index is 0.0165. The maximum Gasteiger partial charge on any atom is 0.222 e. The average Bonchev–Trinajstić information content (AvgIpc) is 3.49. The van der Waals surface area contributed by atoms with Gasteiger partial charge in [-0.05, 0) is 38.8 Å². The monoisotopic (exact) mass is 392 g/mol. The Morgan fingerprint density at radius 3 is 2.52 bits per heavy atom. The number of carbonyl (C=O) groups excluding carboxylic acids is 1. The van der Waals surface area contributed by atoms with E-state index in [-0.39, 0.29) is 11.8 Å². The number of aromatic nitrogens is 4. The molecule has 7 heteroatoms. The smallest absolute Gasteiger partial charge is 0.222 e. The second-order valence-electron chi connectivity index (χ2n) is 8.11. The first-order valence-electron chi connectivity index (χ1n) is 10.3. The van der Waals surface area contributed by atoms with E-state index >= 15 is 0 Å². The zero-order chi connectivity index (χ0) is 20.5. The molecule has 29 heavy (non-hydrogen) atoms. The topological polar surface area (TPSA) is 84.7 Å². The molecule has 0 aliphatic heterocycles. The fourth-order valence-corrected chi connectivity index (χ4v) is 3.29. The molecule has 2 aromatic heterocycles. The number of amides is 1. The maximum absolute atomic E-state index is 11.8. The highest BCUT2D eigenvalue weighted by molar-refractivity contribution is 5.90. The lowest BCUT2D eigenvalue weighted by Crippen LogP contribution is -2.32. The zero-order valence-electron chi connectivity index (χ0n) is 17.5. The quantitative estimate of drug-likeness (QED) is 0.601. The van der Waals surface area contributed by atoms with Crippen molar-refractivity contribution in [3.8, 4) is 5.69 Å². The molecule has 1 amide bonds. The minimum atomic E-state index is -0.0165. The highest BCUT2D eigenvalue weighted by atomic mass is 16.1. The maximum atomic E-state index is 11.8. The molecule has 152 valence electrons. The van der Waals surface area contributed by atoms with Gasteiger partial charge in [0, 0.05) is 24.9 Å². The molecular weight excluding hydrogens is 364 g/mol. The van der Waals surface area contributed by atoms with E-state index in [1.54, 1.807) is 0 Å². The molecule has 1 aliphatic carbocycles.